The maximum atomic E-state index is 9.79. The third-order valence-electron chi connectivity index (χ3n) is 2.24. The van der Waals surface area contributed by atoms with Crippen molar-refractivity contribution in [2.75, 3.05) is 7.11 Å². The second kappa shape index (κ2) is 6.35. The molecule has 4 heteroatoms. The van der Waals surface area contributed by atoms with Crippen molar-refractivity contribution >= 4 is 0 Å². The second-order valence-electron chi connectivity index (χ2n) is 3.47. The average Bonchev–Trinajstić information content (AvgIpc) is 2.29. The summed E-state index contributed by atoms with van der Waals surface area (Å²) in [4.78, 5) is 8.11. The number of aliphatic hydroxyl groups excluding tert-OH is 1. The van der Waals surface area contributed by atoms with Gasteiger partial charge in [0.25, 0.3) is 0 Å². The predicted molar refractivity (Wildman–Crippen MR) is 57.7 cm³/mol. The maximum absolute atomic E-state index is 9.79. The van der Waals surface area contributed by atoms with Gasteiger partial charge in [-0.05, 0) is 6.42 Å². The van der Waals surface area contributed by atoms with Crippen LogP contribution in [0.5, 0.6) is 5.88 Å². The van der Waals surface area contributed by atoms with Crippen LogP contribution in [0.4, 0.5) is 0 Å². The molecule has 15 heavy (non-hydrogen) atoms. The van der Waals surface area contributed by atoms with E-state index in [-0.39, 0.29) is 0 Å². The lowest BCUT2D eigenvalue weighted by Crippen LogP contribution is -2.04. The van der Waals surface area contributed by atoms with Crippen LogP contribution in [0.1, 0.15) is 44.5 Å². The minimum absolute atomic E-state index is 0.449. The highest BCUT2D eigenvalue weighted by Crippen LogP contribution is 2.17. The molecule has 1 aromatic rings. The summed E-state index contributed by atoms with van der Waals surface area (Å²) >= 11 is 0. The Bertz CT molecular complexity index is 292. The molecule has 0 fully saturated rings. The van der Waals surface area contributed by atoms with Gasteiger partial charge in [0.15, 0.2) is 5.82 Å². The van der Waals surface area contributed by atoms with Crippen LogP contribution in [-0.2, 0) is 0 Å². The Morgan fingerprint density at radius 1 is 1.47 bits per heavy atom. The Labute approximate surface area is 90.3 Å². The number of nitrogens with zero attached hydrogens (tertiary/aromatic N) is 2. The smallest absolute Gasteiger partial charge is 0.216 e. The van der Waals surface area contributed by atoms with E-state index in [2.05, 4.69) is 16.9 Å². The van der Waals surface area contributed by atoms with E-state index in [1.165, 1.54) is 0 Å². The SMILES string of the molecule is CCCCCC(O)c1nccc(OC)n1. The van der Waals surface area contributed by atoms with Gasteiger partial charge in [-0.3, -0.25) is 0 Å². The molecule has 1 atom stereocenters. The van der Waals surface area contributed by atoms with Crippen LogP contribution in [0.3, 0.4) is 0 Å². The third-order valence-corrected chi connectivity index (χ3v) is 2.24. The van der Waals surface area contributed by atoms with Crippen LogP contribution in [0.15, 0.2) is 12.3 Å². The minimum Gasteiger partial charge on any atom is -0.481 e. The summed E-state index contributed by atoms with van der Waals surface area (Å²) in [6.07, 6.45) is 5.00. The van der Waals surface area contributed by atoms with Crippen LogP contribution < -0.4 is 4.74 Å². The van der Waals surface area contributed by atoms with Crippen molar-refractivity contribution in [3.63, 3.8) is 0 Å². The molecule has 0 radical (unpaired) electrons. The standard InChI is InChI=1S/C11H18N2O2/c1-3-4-5-6-9(14)11-12-8-7-10(13-11)15-2/h7-9,14H,3-6H2,1-2H3. The van der Waals surface area contributed by atoms with E-state index >= 15 is 0 Å². The first kappa shape index (κ1) is 11.9. The molecule has 0 saturated carbocycles. The summed E-state index contributed by atoms with van der Waals surface area (Å²) in [5.74, 6) is 0.944. The monoisotopic (exact) mass is 210 g/mol. The molecule has 0 aliphatic carbocycles. The molecule has 0 aliphatic rings. The molecule has 0 spiro atoms. The van der Waals surface area contributed by atoms with Crippen LogP contribution in [0, 0.1) is 0 Å². The van der Waals surface area contributed by atoms with Crippen molar-refractivity contribution in [3.8, 4) is 5.88 Å². The largest absolute Gasteiger partial charge is 0.481 e. The van der Waals surface area contributed by atoms with Crippen molar-refractivity contribution in [1.82, 2.24) is 9.97 Å². The lowest BCUT2D eigenvalue weighted by atomic mass is 10.1. The lowest BCUT2D eigenvalue weighted by Gasteiger charge is -2.09. The van der Waals surface area contributed by atoms with Gasteiger partial charge in [0.1, 0.15) is 6.10 Å². The molecule has 4 nitrogen and oxygen atoms in total. The van der Waals surface area contributed by atoms with Gasteiger partial charge in [-0.1, -0.05) is 26.2 Å². The van der Waals surface area contributed by atoms with Crippen molar-refractivity contribution < 1.29 is 9.84 Å². The minimum atomic E-state index is -0.577. The summed E-state index contributed by atoms with van der Waals surface area (Å²) in [5.41, 5.74) is 0. The fourth-order valence-corrected chi connectivity index (χ4v) is 1.35. The number of aliphatic hydroxyl groups is 1. The lowest BCUT2D eigenvalue weighted by molar-refractivity contribution is 0.152. The molecule has 1 heterocycles. The number of unbranched alkanes of at least 4 members (excludes halogenated alkanes) is 2. The molecule has 0 bridgehead atoms. The van der Waals surface area contributed by atoms with Crippen LogP contribution in [0.2, 0.25) is 0 Å². The highest BCUT2D eigenvalue weighted by atomic mass is 16.5. The van der Waals surface area contributed by atoms with Crippen LogP contribution in [0.25, 0.3) is 0 Å². The van der Waals surface area contributed by atoms with Gasteiger partial charge in [-0.25, -0.2) is 4.98 Å². The number of ether oxygens (including phenoxy) is 1. The number of hydrogen-bond acceptors (Lipinski definition) is 4. The Hall–Kier alpha value is -1.16. The quantitative estimate of drug-likeness (QED) is 0.730. The summed E-state index contributed by atoms with van der Waals surface area (Å²) in [5, 5.41) is 9.79. The summed E-state index contributed by atoms with van der Waals surface area (Å²) in [6.45, 7) is 2.13. The van der Waals surface area contributed by atoms with Crippen LogP contribution >= 0.6 is 0 Å². The van der Waals surface area contributed by atoms with Gasteiger partial charge >= 0.3 is 0 Å². The third kappa shape index (κ3) is 3.83. The molecule has 1 N–H and O–H groups in total. The fourth-order valence-electron chi connectivity index (χ4n) is 1.35. The van der Waals surface area contributed by atoms with E-state index in [1.54, 1.807) is 19.4 Å². The Morgan fingerprint density at radius 3 is 2.93 bits per heavy atom. The highest BCUT2D eigenvalue weighted by Gasteiger charge is 2.10. The molecule has 0 saturated heterocycles. The molecule has 0 aliphatic heterocycles. The topological polar surface area (TPSA) is 55.2 Å². The number of hydrogen-bond donors (Lipinski definition) is 1. The fraction of sp³-hybridized carbons (Fsp3) is 0.636. The van der Waals surface area contributed by atoms with Crippen molar-refractivity contribution in [1.29, 1.82) is 0 Å². The van der Waals surface area contributed by atoms with E-state index in [0.717, 1.165) is 19.3 Å². The van der Waals surface area contributed by atoms with Gasteiger partial charge in [-0.15, -0.1) is 0 Å². The first-order valence-corrected chi connectivity index (χ1v) is 5.33. The van der Waals surface area contributed by atoms with Gasteiger partial charge in [-0.2, -0.15) is 4.98 Å². The van der Waals surface area contributed by atoms with Gasteiger partial charge < -0.3 is 9.84 Å². The molecule has 84 valence electrons. The normalized spacial score (nSPS) is 12.5. The number of rotatable bonds is 6. The zero-order valence-corrected chi connectivity index (χ0v) is 9.31. The molecule has 0 aromatic carbocycles. The van der Waals surface area contributed by atoms with Gasteiger partial charge in [0, 0.05) is 12.3 Å². The number of aromatic nitrogens is 2. The zero-order chi connectivity index (χ0) is 11.1. The van der Waals surface area contributed by atoms with Gasteiger partial charge in [0.05, 0.1) is 7.11 Å². The van der Waals surface area contributed by atoms with E-state index < -0.39 is 6.10 Å². The molecule has 0 amide bonds. The summed E-state index contributed by atoms with van der Waals surface area (Å²) in [7, 11) is 1.55. The van der Waals surface area contributed by atoms with E-state index in [4.69, 9.17) is 4.74 Å². The van der Waals surface area contributed by atoms with Crippen molar-refractivity contribution in [2.45, 2.75) is 38.7 Å². The number of methoxy groups -OCH3 is 1. The molecular weight excluding hydrogens is 192 g/mol. The van der Waals surface area contributed by atoms with Gasteiger partial charge in [0.2, 0.25) is 5.88 Å². The first-order chi connectivity index (χ1) is 7.27. The van der Waals surface area contributed by atoms with Crippen molar-refractivity contribution in [2.24, 2.45) is 0 Å². The second-order valence-corrected chi connectivity index (χ2v) is 3.47. The Morgan fingerprint density at radius 2 is 2.27 bits per heavy atom. The predicted octanol–water partition coefficient (Wildman–Crippen LogP) is 2.10. The molecule has 1 unspecified atom stereocenters. The Kier molecular flexibility index (Phi) is 5.04. The van der Waals surface area contributed by atoms with E-state index in [9.17, 15) is 5.11 Å². The summed E-state index contributed by atoms with van der Waals surface area (Å²) < 4.78 is 4.97. The first-order valence-electron chi connectivity index (χ1n) is 5.33. The molecular formula is C11H18N2O2. The highest BCUT2D eigenvalue weighted by molar-refractivity contribution is 5.09. The van der Waals surface area contributed by atoms with E-state index in [1.807, 2.05) is 0 Å². The maximum Gasteiger partial charge on any atom is 0.216 e. The van der Waals surface area contributed by atoms with Crippen LogP contribution in [-0.4, -0.2) is 22.2 Å². The molecule has 1 rings (SSSR count). The zero-order valence-electron chi connectivity index (χ0n) is 9.31. The summed E-state index contributed by atoms with van der Waals surface area (Å²) in [6, 6.07) is 1.67. The Balaban J connectivity index is 2.52. The molecule has 1 aromatic heterocycles. The average molecular weight is 210 g/mol. The van der Waals surface area contributed by atoms with Crippen molar-refractivity contribution in [3.05, 3.63) is 18.1 Å². The van der Waals surface area contributed by atoms with E-state index in [0.29, 0.717) is 18.1 Å².